The highest BCUT2D eigenvalue weighted by molar-refractivity contribution is 5.83. The summed E-state index contributed by atoms with van der Waals surface area (Å²) in [4.78, 5) is 25.5. The second-order valence-corrected chi connectivity index (χ2v) is 4.81. The first kappa shape index (κ1) is 12.2. The number of carbonyl (C=O) groups is 2. The van der Waals surface area contributed by atoms with Gasteiger partial charge in [0, 0.05) is 25.7 Å². The second kappa shape index (κ2) is 4.91. The third-order valence-electron chi connectivity index (χ3n) is 3.74. The van der Waals surface area contributed by atoms with Crippen LogP contribution in [0.1, 0.15) is 19.3 Å². The topological polar surface area (TPSA) is 81.1 Å². The first-order valence-electron chi connectivity index (χ1n) is 6.00. The summed E-state index contributed by atoms with van der Waals surface area (Å²) in [7, 11) is 0. The Morgan fingerprint density at radius 3 is 2.65 bits per heavy atom. The third-order valence-corrected chi connectivity index (χ3v) is 3.74. The summed E-state index contributed by atoms with van der Waals surface area (Å²) in [5, 5.41) is 17.9. The molecule has 2 aliphatic rings. The molecule has 96 valence electrons. The minimum absolute atomic E-state index is 0.0321. The van der Waals surface area contributed by atoms with Crippen molar-refractivity contribution in [3.8, 4) is 0 Å². The van der Waals surface area contributed by atoms with Crippen LogP contribution < -0.4 is 0 Å². The number of rotatable bonds is 2. The molecule has 0 aromatic carbocycles. The molecule has 1 saturated heterocycles. The quantitative estimate of drug-likeness (QED) is 0.712. The lowest BCUT2D eigenvalue weighted by Crippen LogP contribution is -2.54. The highest BCUT2D eigenvalue weighted by atomic mass is 16.4. The predicted molar refractivity (Wildman–Crippen MR) is 59.5 cm³/mol. The van der Waals surface area contributed by atoms with Crippen molar-refractivity contribution >= 4 is 12.0 Å². The number of amides is 2. The summed E-state index contributed by atoms with van der Waals surface area (Å²) in [6.07, 6.45) is 1.69. The Morgan fingerprint density at radius 1 is 1.35 bits per heavy atom. The fraction of sp³-hybridized carbons (Fsp3) is 0.818. The summed E-state index contributed by atoms with van der Waals surface area (Å²) in [5.41, 5.74) is 0. The largest absolute Gasteiger partial charge is 0.465 e. The van der Waals surface area contributed by atoms with Crippen molar-refractivity contribution in [1.82, 2.24) is 9.80 Å². The lowest BCUT2D eigenvalue weighted by atomic mass is 10.1. The zero-order valence-electron chi connectivity index (χ0n) is 9.71. The standard InChI is InChI=1S/C11H18N2O4/c14-7-8-1-2-9(5-8)13-4-3-12(11(16)17)6-10(13)15/h8-9,14H,1-7H2,(H,16,17)/t8-,9-/m1/s1. The summed E-state index contributed by atoms with van der Waals surface area (Å²) >= 11 is 0. The number of hydrogen-bond donors (Lipinski definition) is 2. The summed E-state index contributed by atoms with van der Waals surface area (Å²) in [6, 6.07) is 0.190. The van der Waals surface area contributed by atoms with Crippen LogP contribution in [0.2, 0.25) is 0 Å². The van der Waals surface area contributed by atoms with Gasteiger partial charge < -0.3 is 15.1 Å². The minimum atomic E-state index is -1.03. The molecular weight excluding hydrogens is 224 g/mol. The SMILES string of the molecule is O=C(O)N1CCN([C@@H]2CC[C@@H](CO)C2)C(=O)C1. The molecule has 1 saturated carbocycles. The van der Waals surface area contributed by atoms with Crippen molar-refractivity contribution < 1.29 is 19.8 Å². The van der Waals surface area contributed by atoms with Crippen LogP contribution in [0.3, 0.4) is 0 Å². The molecule has 0 aromatic heterocycles. The highest BCUT2D eigenvalue weighted by Gasteiger charge is 2.35. The van der Waals surface area contributed by atoms with E-state index in [0.717, 1.165) is 24.2 Å². The van der Waals surface area contributed by atoms with Gasteiger partial charge in [-0.15, -0.1) is 0 Å². The van der Waals surface area contributed by atoms with E-state index >= 15 is 0 Å². The van der Waals surface area contributed by atoms with Crippen molar-refractivity contribution in [2.45, 2.75) is 25.3 Å². The molecule has 1 aliphatic heterocycles. The monoisotopic (exact) mass is 242 g/mol. The van der Waals surface area contributed by atoms with E-state index in [9.17, 15) is 9.59 Å². The third kappa shape index (κ3) is 2.52. The van der Waals surface area contributed by atoms with Gasteiger partial charge in [-0.2, -0.15) is 0 Å². The molecule has 17 heavy (non-hydrogen) atoms. The minimum Gasteiger partial charge on any atom is -0.465 e. The Morgan fingerprint density at radius 2 is 2.12 bits per heavy atom. The van der Waals surface area contributed by atoms with Crippen molar-refractivity contribution in [2.24, 2.45) is 5.92 Å². The molecule has 0 unspecified atom stereocenters. The molecule has 2 amide bonds. The molecule has 0 bridgehead atoms. The Bertz CT molecular complexity index is 321. The molecule has 2 rings (SSSR count). The van der Waals surface area contributed by atoms with Gasteiger partial charge in [0.15, 0.2) is 0 Å². The number of carbonyl (C=O) groups excluding carboxylic acids is 1. The maximum absolute atomic E-state index is 11.8. The molecule has 0 spiro atoms. The Labute approximate surface area is 99.8 Å². The summed E-state index contributed by atoms with van der Waals surface area (Å²) in [5.74, 6) is 0.188. The van der Waals surface area contributed by atoms with Gasteiger partial charge in [-0.25, -0.2) is 4.79 Å². The molecule has 0 aromatic rings. The highest BCUT2D eigenvalue weighted by Crippen LogP contribution is 2.29. The van der Waals surface area contributed by atoms with Crippen molar-refractivity contribution in [2.75, 3.05) is 26.2 Å². The van der Waals surface area contributed by atoms with E-state index in [1.165, 1.54) is 0 Å². The van der Waals surface area contributed by atoms with E-state index in [-0.39, 0.29) is 25.1 Å². The molecule has 1 heterocycles. The molecule has 6 heteroatoms. The van der Waals surface area contributed by atoms with E-state index in [0.29, 0.717) is 19.0 Å². The van der Waals surface area contributed by atoms with Crippen LogP contribution in [0.25, 0.3) is 0 Å². The first-order valence-corrected chi connectivity index (χ1v) is 6.00. The van der Waals surface area contributed by atoms with Gasteiger partial charge in [0.25, 0.3) is 0 Å². The molecule has 1 aliphatic carbocycles. The number of hydrogen-bond acceptors (Lipinski definition) is 3. The predicted octanol–water partition coefficient (Wildman–Crippen LogP) is -0.0304. The average molecular weight is 242 g/mol. The van der Waals surface area contributed by atoms with Gasteiger partial charge in [0.2, 0.25) is 5.91 Å². The zero-order valence-corrected chi connectivity index (χ0v) is 9.71. The molecule has 2 fully saturated rings. The fourth-order valence-electron chi connectivity index (χ4n) is 2.73. The van der Waals surface area contributed by atoms with E-state index < -0.39 is 6.09 Å². The molecule has 6 nitrogen and oxygen atoms in total. The van der Waals surface area contributed by atoms with E-state index in [1.807, 2.05) is 0 Å². The lowest BCUT2D eigenvalue weighted by Gasteiger charge is -2.36. The smallest absolute Gasteiger partial charge is 0.407 e. The van der Waals surface area contributed by atoms with Crippen LogP contribution in [0.15, 0.2) is 0 Å². The number of piperazine rings is 1. The maximum Gasteiger partial charge on any atom is 0.407 e. The number of nitrogens with zero attached hydrogens (tertiary/aromatic N) is 2. The normalized spacial score (nSPS) is 29.8. The maximum atomic E-state index is 11.8. The van der Waals surface area contributed by atoms with Crippen LogP contribution in [-0.4, -0.2) is 64.3 Å². The van der Waals surface area contributed by atoms with Crippen molar-refractivity contribution in [1.29, 1.82) is 0 Å². The zero-order chi connectivity index (χ0) is 12.4. The molecular formula is C11H18N2O4. The van der Waals surface area contributed by atoms with Gasteiger partial charge in [0.05, 0.1) is 0 Å². The van der Waals surface area contributed by atoms with Crippen molar-refractivity contribution in [3.63, 3.8) is 0 Å². The Kier molecular flexibility index (Phi) is 3.51. The fourth-order valence-corrected chi connectivity index (χ4v) is 2.73. The van der Waals surface area contributed by atoms with Crippen LogP contribution in [-0.2, 0) is 4.79 Å². The van der Waals surface area contributed by atoms with Gasteiger partial charge in [-0.1, -0.05) is 0 Å². The number of aliphatic hydroxyl groups is 1. The number of aliphatic hydroxyl groups excluding tert-OH is 1. The second-order valence-electron chi connectivity index (χ2n) is 4.81. The van der Waals surface area contributed by atoms with Gasteiger partial charge in [0.1, 0.15) is 6.54 Å². The van der Waals surface area contributed by atoms with Crippen LogP contribution in [0.5, 0.6) is 0 Å². The molecule has 2 atom stereocenters. The van der Waals surface area contributed by atoms with Gasteiger partial charge in [-0.05, 0) is 25.2 Å². The van der Waals surface area contributed by atoms with Crippen LogP contribution >= 0.6 is 0 Å². The van der Waals surface area contributed by atoms with E-state index in [1.54, 1.807) is 4.90 Å². The number of carboxylic acid groups (broad SMARTS) is 1. The molecule has 2 N–H and O–H groups in total. The molecule has 0 radical (unpaired) electrons. The average Bonchev–Trinajstić information content (AvgIpc) is 2.77. The van der Waals surface area contributed by atoms with Crippen LogP contribution in [0, 0.1) is 5.92 Å². The van der Waals surface area contributed by atoms with Crippen LogP contribution in [0.4, 0.5) is 4.79 Å². The Balaban J connectivity index is 1.92. The summed E-state index contributed by atoms with van der Waals surface area (Å²) in [6.45, 7) is 1.02. The van der Waals surface area contributed by atoms with Gasteiger partial charge >= 0.3 is 6.09 Å². The van der Waals surface area contributed by atoms with E-state index in [4.69, 9.17) is 10.2 Å². The van der Waals surface area contributed by atoms with E-state index in [2.05, 4.69) is 0 Å². The Hall–Kier alpha value is -1.30. The lowest BCUT2D eigenvalue weighted by molar-refractivity contribution is -0.137. The van der Waals surface area contributed by atoms with Gasteiger partial charge in [-0.3, -0.25) is 9.69 Å². The van der Waals surface area contributed by atoms with Crippen molar-refractivity contribution in [3.05, 3.63) is 0 Å². The first-order chi connectivity index (χ1) is 8.11. The summed E-state index contributed by atoms with van der Waals surface area (Å²) < 4.78 is 0.